The molecule has 0 fully saturated rings. The molecule has 0 bridgehead atoms. The quantitative estimate of drug-likeness (QED) is 0.131. The fraction of sp³-hybridized carbons (Fsp3) is 0.270. The van der Waals surface area contributed by atoms with Crippen LogP contribution in [0.25, 0.3) is 22.8 Å². The fourth-order valence-corrected chi connectivity index (χ4v) is 5.09. The van der Waals surface area contributed by atoms with E-state index in [0.29, 0.717) is 57.3 Å². The molecule has 4 atom stereocenters. The Balaban J connectivity index is 1.19. The van der Waals surface area contributed by atoms with Gasteiger partial charge in [0.25, 0.3) is 0 Å². The number of nitrogens with zero attached hydrogens (tertiary/aromatic N) is 1. The summed E-state index contributed by atoms with van der Waals surface area (Å²) in [4.78, 5) is 4.45. The first-order valence-electron chi connectivity index (χ1n) is 15.0. The van der Waals surface area contributed by atoms with Crippen LogP contribution in [0.4, 0.5) is 0 Å². The van der Waals surface area contributed by atoms with Gasteiger partial charge in [0.2, 0.25) is 5.89 Å². The Labute approximate surface area is 274 Å². The molecule has 0 saturated heterocycles. The van der Waals surface area contributed by atoms with E-state index < -0.39 is 24.4 Å². The molecule has 1 heterocycles. The van der Waals surface area contributed by atoms with Gasteiger partial charge in [-0.25, -0.2) is 4.98 Å². The molecular formula is C37H39NO9. The minimum atomic E-state index is -0.883. The second-order valence-corrected chi connectivity index (χ2v) is 10.8. The number of benzene rings is 4. The lowest BCUT2D eigenvalue weighted by atomic mass is 10.0. The standard InChI is InChI=1S/C37H39NO9/c1-22(35(39)26-11-17-30(41-3)32(19-26)43-5)45-28-13-7-24(8-14-28)34-21-38-37(47-34)25-9-15-29(16-10-25)46-23(2)36(40)27-12-18-31(42-4)33(20-27)44-6/h7-23,35-36,39-40H,1-6H3. The fourth-order valence-electron chi connectivity index (χ4n) is 5.09. The molecule has 47 heavy (non-hydrogen) atoms. The van der Waals surface area contributed by atoms with Gasteiger partial charge in [-0.05, 0) is 97.8 Å². The number of hydrogen-bond donors (Lipinski definition) is 2. The summed E-state index contributed by atoms with van der Waals surface area (Å²) in [5.74, 6) is 4.48. The molecule has 4 unspecified atom stereocenters. The molecule has 0 amide bonds. The number of oxazole rings is 1. The molecule has 0 aliphatic heterocycles. The van der Waals surface area contributed by atoms with Gasteiger partial charge in [-0.1, -0.05) is 12.1 Å². The molecule has 5 rings (SSSR count). The lowest BCUT2D eigenvalue weighted by molar-refractivity contribution is 0.0466. The Bertz CT molecular complexity index is 1620. The van der Waals surface area contributed by atoms with E-state index in [0.717, 1.165) is 11.1 Å². The highest BCUT2D eigenvalue weighted by Crippen LogP contribution is 2.34. The van der Waals surface area contributed by atoms with Crippen molar-refractivity contribution in [3.05, 3.63) is 102 Å². The summed E-state index contributed by atoms with van der Waals surface area (Å²) in [6.45, 7) is 3.60. The number of aliphatic hydroxyl groups is 2. The number of methoxy groups -OCH3 is 4. The van der Waals surface area contributed by atoms with Crippen LogP contribution in [0.15, 0.2) is 95.5 Å². The minimum Gasteiger partial charge on any atom is -0.493 e. The third kappa shape index (κ3) is 7.62. The molecular weight excluding hydrogens is 602 g/mol. The zero-order valence-electron chi connectivity index (χ0n) is 27.2. The van der Waals surface area contributed by atoms with Crippen LogP contribution in [0, 0.1) is 0 Å². The van der Waals surface area contributed by atoms with Crippen molar-refractivity contribution in [2.75, 3.05) is 28.4 Å². The second kappa shape index (κ2) is 14.9. The molecule has 4 aromatic carbocycles. The van der Waals surface area contributed by atoms with Crippen molar-refractivity contribution in [3.8, 4) is 57.3 Å². The van der Waals surface area contributed by atoms with Crippen molar-refractivity contribution in [1.29, 1.82) is 0 Å². The molecule has 246 valence electrons. The van der Waals surface area contributed by atoms with Crippen molar-refractivity contribution in [1.82, 2.24) is 4.98 Å². The van der Waals surface area contributed by atoms with E-state index in [-0.39, 0.29) is 0 Å². The average molecular weight is 642 g/mol. The second-order valence-electron chi connectivity index (χ2n) is 10.8. The number of ether oxygens (including phenoxy) is 6. The first-order valence-corrected chi connectivity index (χ1v) is 15.0. The zero-order chi connectivity index (χ0) is 33.5. The van der Waals surface area contributed by atoms with Crippen LogP contribution in [0.3, 0.4) is 0 Å². The third-order valence-electron chi connectivity index (χ3n) is 7.78. The highest BCUT2D eigenvalue weighted by Gasteiger charge is 2.22. The largest absolute Gasteiger partial charge is 0.493 e. The first kappa shape index (κ1) is 33.2. The van der Waals surface area contributed by atoms with Crippen molar-refractivity contribution < 1.29 is 43.1 Å². The molecule has 0 radical (unpaired) electrons. The van der Waals surface area contributed by atoms with Gasteiger partial charge in [-0.3, -0.25) is 0 Å². The topological polar surface area (TPSA) is 122 Å². The average Bonchev–Trinajstić information content (AvgIpc) is 3.61. The van der Waals surface area contributed by atoms with Crippen molar-refractivity contribution in [2.24, 2.45) is 0 Å². The van der Waals surface area contributed by atoms with E-state index >= 15 is 0 Å². The summed E-state index contributed by atoms with van der Waals surface area (Å²) in [6.07, 6.45) is -1.16. The van der Waals surface area contributed by atoms with Gasteiger partial charge in [0.05, 0.1) is 34.6 Å². The van der Waals surface area contributed by atoms with Crippen LogP contribution in [0.2, 0.25) is 0 Å². The highest BCUT2D eigenvalue weighted by molar-refractivity contribution is 5.62. The van der Waals surface area contributed by atoms with Crippen molar-refractivity contribution in [3.63, 3.8) is 0 Å². The molecule has 0 aliphatic rings. The van der Waals surface area contributed by atoms with E-state index in [2.05, 4.69) is 4.98 Å². The molecule has 1 aromatic heterocycles. The summed E-state index contributed by atoms with van der Waals surface area (Å²) in [6, 6.07) is 25.2. The Morgan fingerprint density at radius 2 is 0.979 bits per heavy atom. The Kier molecular flexibility index (Phi) is 10.5. The summed E-state index contributed by atoms with van der Waals surface area (Å²) < 4.78 is 39.3. The lowest BCUT2D eigenvalue weighted by Gasteiger charge is -2.22. The lowest BCUT2D eigenvalue weighted by Crippen LogP contribution is -2.21. The van der Waals surface area contributed by atoms with Gasteiger partial charge in [0.15, 0.2) is 28.8 Å². The van der Waals surface area contributed by atoms with E-state index in [1.807, 2.05) is 36.4 Å². The van der Waals surface area contributed by atoms with Gasteiger partial charge < -0.3 is 43.1 Å². The van der Waals surface area contributed by atoms with E-state index in [1.165, 1.54) is 0 Å². The molecule has 0 saturated carbocycles. The van der Waals surface area contributed by atoms with E-state index in [1.54, 1.807) is 97.0 Å². The SMILES string of the molecule is COc1ccc(C(O)C(C)Oc2ccc(-c3cnc(-c4ccc(OC(C)C(O)c5ccc(OC)c(OC)c5)cc4)o3)cc2)cc1OC. The molecule has 5 aromatic rings. The predicted molar refractivity (Wildman–Crippen MR) is 177 cm³/mol. The maximum atomic E-state index is 10.9. The van der Waals surface area contributed by atoms with Crippen LogP contribution < -0.4 is 28.4 Å². The maximum Gasteiger partial charge on any atom is 0.226 e. The number of aliphatic hydroxyl groups excluding tert-OH is 2. The summed E-state index contributed by atoms with van der Waals surface area (Å²) >= 11 is 0. The molecule has 0 spiro atoms. The third-order valence-corrected chi connectivity index (χ3v) is 7.78. The molecule has 10 heteroatoms. The van der Waals surface area contributed by atoms with Crippen LogP contribution in [-0.4, -0.2) is 55.8 Å². The van der Waals surface area contributed by atoms with Gasteiger partial charge in [-0.2, -0.15) is 0 Å². The van der Waals surface area contributed by atoms with Gasteiger partial charge in [0.1, 0.15) is 35.9 Å². The smallest absolute Gasteiger partial charge is 0.226 e. The van der Waals surface area contributed by atoms with E-state index in [9.17, 15) is 10.2 Å². The minimum absolute atomic E-state index is 0.456. The Morgan fingerprint density at radius 3 is 1.40 bits per heavy atom. The zero-order valence-corrected chi connectivity index (χ0v) is 27.2. The van der Waals surface area contributed by atoms with E-state index in [4.69, 9.17) is 32.8 Å². The summed E-state index contributed by atoms with van der Waals surface area (Å²) in [5, 5.41) is 21.7. The number of hydrogen-bond acceptors (Lipinski definition) is 10. The molecule has 10 nitrogen and oxygen atoms in total. The van der Waals surface area contributed by atoms with Gasteiger partial charge in [0, 0.05) is 11.1 Å². The maximum absolute atomic E-state index is 10.9. The van der Waals surface area contributed by atoms with Crippen LogP contribution in [0.1, 0.15) is 37.2 Å². The molecule has 2 N–H and O–H groups in total. The van der Waals surface area contributed by atoms with Gasteiger partial charge in [-0.15, -0.1) is 0 Å². The first-order chi connectivity index (χ1) is 22.7. The Hall–Kier alpha value is -5.19. The Morgan fingerprint density at radius 1 is 0.553 bits per heavy atom. The van der Waals surface area contributed by atoms with Crippen LogP contribution in [-0.2, 0) is 0 Å². The van der Waals surface area contributed by atoms with Crippen molar-refractivity contribution in [2.45, 2.75) is 38.3 Å². The summed E-state index contributed by atoms with van der Waals surface area (Å²) in [5.41, 5.74) is 2.90. The van der Waals surface area contributed by atoms with Crippen molar-refractivity contribution >= 4 is 0 Å². The number of rotatable bonds is 14. The predicted octanol–water partition coefficient (Wildman–Crippen LogP) is 7.04. The van der Waals surface area contributed by atoms with Crippen LogP contribution >= 0.6 is 0 Å². The summed E-state index contributed by atoms with van der Waals surface area (Å²) in [7, 11) is 6.23. The highest BCUT2D eigenvalue weighted by atomic mass is 16.5. The molecule has 0 aliphatic carbocycles. The normalized spacial score (nSPS) is 13.6. The van der Waals surface area contributed by atoms with Gasteiger partial charge >= 0.3 is 0 Å². The monoisotopic (exact) mass is 641 g/mol. The number of aromatic nitrogens is 1. The van der Waals surface area contributed by atoms with Crippen LogP contribution in [0.5, 0.6) is 34.5 Å².